The second-order valence-corrected chi connectivity index (χ2v) is 8.93. The minimum Gasteiger partial charge on any atom is -0.486 e. The minimum atomic E-state index is -0.0781. The molecule has 0 unspecified atom stereocenters. The number of anilines is 1. The Morgan fingerprint density at radius 3 is 2.50 bits per heavy atom. The Hall–Kier alpha value is -3.97. The van der Waals surface area contributed by atoms with Crippen molar-refractivity contribution in [3.8, 4) is 5.75 Å². The fraction of sp³-hybridized carbons (Fsp3) is 0.148. The molecule has 0 saturated carbocycles. The average molecular weight is 469 g/mol. The molecule has 2 heterocycles. The number of rotatable bonds is 8. The van der Waals surface area contributed by atoms with Gasteiger partial charge in [0.15, 0.2) is 5.13 Å². The number of carbonyl (C=O) groups is 1. The molecule has 0 fully saturated rings. The number of para-hydroxylation sites is 1. The van der Waals surface area contributed by atoms with Crippen molar-refractivity contribution in [2.45, 2.75) is 13.0 Å². The molecule has 34 heavy (non-hydrogen) atoms. The number of amides is 1. The quantitative estimate of drug-likeness (QED) is 0.302. The Balaban J connectivity index is 1.36. The topological polar surface area (TPSA) is 60.3 Å². The van der Waals surface area contributed by atoms with Gasteiger partial charge in [-0.3, -0.25) is 9.69 Å². The van der Waals surface area contributed by atoms with E-state index in [9.17, 15) is 4.79 Å². The molecule has 5 aromatic rings. The van der Waals surface area contributed by atoms with Crippen LogP contribution in [0.3, 0.4) is 0 Å². The molecule has 3 aromatic carbocycles. The zero-order valence-electron chi connectivity index (χ0n) is 18.8. The van der Waals surface area contributed by atoms with Crippen LogP contribution in [0.4, 0.5) is 5.13 Å². The number of ether oxygens (including phenoxy) is 1. The number of hydrogen-bond acceptors (Lipinski definition) is 5. The van der Waals surface area contributed by atoms with Gasteiger partial charge in [-0.2, -0.15) is 0 Å². The first-order valence-corrected chi connectivity index (χ1v) is 11.9. The van der Waals surface area contributed by atoms with Crippen molar-refractivity contribution in [3.63, 3.8) is 0 Å². The van der Waals surface area contributed by atoms with Gasteiger partial charge in [-0.05, 0) is 48.4 Å². The van der Waals surface area contributed by atoms with Crippen molar-refractivity contribution in [1.29, 1.82) is 0 Å². The predicted molar refractivity (Wildman–Crippen MR) is 135 cm³/mol. The third-order valence-electron chi connectivity index (χ3n) is 5.62. The first-order chi connectivity index (χ1) is 16.7. The van der Waals surface area contributed by atoms with E-state index in [-0.39, 0.29) is 5.91 Å². The number of hydrogen-bond donors (Lipinski definition) is 0. The zero-order chi connectivity index (χ0) is 23.3. The molecule has 0 spiro atoms. The summed E-state index contributed by atoms with van der Waals surface area (Å²) in [6.45, 7) is 0.909. The van der Waals surface area contributed by atoms with Crippen LogP contribution in [-0.4, -0.2) is 27.0 Å². The summed E-state index contributed by atoms with van der Waals surface area (Å²) in [5, 5.41) is 0.706. The summed E-state index contributed by atoms with van der Waals surface area (Å²) in [6.07, 6.45) is 4.37. The Labute approximate surface area is 202 Å². The summed E-state index contributed by atoms with van der Waals surface area (Å²) in [5.74, 6) is 1.45. The average Bonchev–Trinajstić information content (AvgIpc) is 3.49. The predicted octanol–water partition coefficient (Wildman–Crippen LogP) is 5.50. The van der Waals surface area contributed by atoms with E-state index in [0.717, 1.165) is 22.5 Å². The van der Waals surface area contributed by atoms with Crippen molar-refractivity contribution in [2.24, 2.45) is 7.05 Å². The van der Waals surface area contributed by atoms with Gasteiger partial charge < -0.3 is 9.30 Å². The highest BCUT2D eigenvalue weighted by Gasteiger charge is 2.21. The molecule has 0 bridgehead atoms. The molecule has 0 aliphatic carbocycles. The maximum absolute atomic E-state index is 13.6. The molecule has 0 atom stereocenters. The molecule has 0 saturated heterocycles. The highest BCUT2D eigenvalue weighted by Crippen LogP contribution is 2.30. The molecular formula is C27H24N4O2S. The highest BCUT2D eigenvalue weighted by atomic mass is 32.1. The van der Waals surface area contributed by atoms with E-state index in [1.807, 2.05) is 72.4 Å². The fourth-order valence-corrected chi connectivity index (χ4v) is 4.67. The SMILES string of the molecule is Cn1ccnc1COc1ccc(C(=O)N(CCc2ccccc2)c2nc3ccccc3s2)cc1. The van der Waals surface area contributed by atoms with Crippen molar-refractivity contribution in [2.75, 3.05) is 11.4 Å². The molecule has 1 amide bonds. The van der Waals surface area contributed by atoms with Gasteiger partial charge in [-0.1, -0.05) is 53.8 Å². The van der Waals surface area contributed by atoms with Crippen LogP contribution in [0.15, 0.2) is 91.3 Å². The molecule has 0 radical (unpaired) electrons. The largest absolute Gasteiger partial charge is 0.486 e. The second kappa shape index (κ2) is 9.89. The van der Waals surface area contributed by atoms with Crippen LogP contribution in [0.1, 0.15) is 21.7 Å². The minimum absolute atomic E-state index is 0.0781. The summed E-state index contributed by atoms with van der Waals surface area (Å²) < 4.78 is 8.82. The lowest BCUT2D eigenvalue weighted by Gasteiger charge is -2.20. The number of aromatic nitrogens is 3. The van der Waals surface area contributed by atoms with Gasteiger partial charge >= 0.3 is 0 Å². The van der Waals surface area contributed by atoms with Crippen LogP contribution in [0, 0.1) is 0 Å². The molecular weight excluding hydrogens is 444 g/mol. The number of aryl methyl sites for hydroxylation is 1. The molecule has 2 aromatic heterocycles. The van der Waals surface area contributed by atoms with Gasteiger partial charge in [0.1, 0.15) is 18.2 Å². The Kier molecular flexibility index (Phi) is 6.35. The molecule has 0 N–H and O–H groups in total. The molecule has 6 nitrogen and oxygen atoms in total. The number of fused-ring (bicyclic) bond motifs is 1. The van der Waals surface area contributed by atoms with Crippen molar-refractivity contribution < 1.29 is 9.53 Å². The van der Waals surface area contributed by atoms with Crippen LogP contribution in [0.5, 0.6) is 5.75 Å². The maximum Gasteiger partial charge on any atom is 0.260 e. The van der Waals surface area contributed by atoms with Crippen molar-refractivity contribution in [1.82, 2.24) is 14.5 Å². The van der Waals surface area contributed by atoms with Gasteiger partial charge in [0.25, 0.3) is 5.91 Å². The summed E-state index contributed by atoms with van der Waals surface area (Å²) in [7, 11) is 1.93. The molecule has 170 valence electrons. The van der Waals surface area contributed by atoms with Crippen LogP contribution >= 0.6 is 11.3 Å². The van der Waals surface area contributed by atoms with E-state index in [1.165, 1.54) is 16.9 Å². The number of benzene rings is 3. The van der Waals surface area contributed by atoms with Gasteiger partial charge in [0, 0.05) is 31.5 Å². The zero-order valence-corrected chi connectivity index (χ0v) is 19.6. The molecule has 0 aliphatic rings. The lowest BCUT2D eigenvalue weighted by Crippen LogP contribution is -2.32. The maximum atomic E-state index is 13.6. The Morgan fingerprint density at radius 1 is 1.00 bits per heavy atom. The third kappa shape index (κ3) is 4.84. The molecule has 7 heteroatoms. The van der Waals surface area contributed by atoms with E-state index in [0.29, 0.717) is 29.6 Å². The van der Waals surface area contributed by atoms with E-state index in [4.69, 9.17) is 9.72 Å². The first kappa shape index (κ1) is 21.9. The smallest absolute Gasteiger partial charge is 0.260 e. The number of nitrogens with zero attached hydrogens (tertiary/aromatic N) is 4. The molecule has 5 rings (SSSR count). The Morgan fingerprint density at radius 2 is 1.76 bits per heavy atom. The van der Waals surface area contributed by atoms with E-state index in [1.54, 1.807) is 23.2 Å². The normalized spacial score (nSPS) is 11.0. The lowest BCUT2D eigenvalue weighted by molar-refractivity contribution is 0.0987. The summed E-state index contributed by atoms with van der Waals surface area (Å²) in [5.41, 5.74) is 2.68. The van der Waals surface area contributed by atoms with E-state index in [2.05, 4.69) is 17.1 Å². The van der Waals surface area contributed by atoms with E-state index >= 15 is 0 Å². The van der Waals surface area contributed by atoms with Crippen LogP contribution in [0.2, 0.25) is 0 Å². The first-order valence-electron chi connectivity index (χ1n) is 11.1. The standard InChI is InChI=1S/C27H24N4O2S/c1-30-18-16-28-25(30)19-33-22-13-11-21(12-14-22)26(32)31(17-15-20-7-3-2-4-8-20)27-29-23-9-5-6-10-24(23)34-27/h2-14,16,18H,15,17,19H2,1H3. The monoisotopic (exact) mass is 468 g/mol. The number of thiazole rings is 1. The number of imidazole rings is 1. The summed E-state index contributed by atoms with van der Waals surface area (Å²) in [6, 6.07) is 25.4. The summed E-state index contributed by atoms with van der Waals surface area (Å²) in [4.78, 5) is 24.4. The lowest BCUT2D eigenvalue weighted by atomic mass is 10.1. The van der Waals surface area contributed by atoms with Gasteiger partial charge in [0.2, 0.25) is 0 Å². The van der Waals surface area contributed by atoms with Crippen LogP contribution in [-0.2, 0) is 20.1 Å². The van der Waals surface area contributed by atoms with Crippen LogP contribution in [0.25, 0.3) is 10.2 Å². The Bertz CT molecular complexity index is 1360. The van der Waals surface area contributed by atoms with Gasteiger partial charge in [-0.15, -0.1) is 0 Å². The van der Waals surface area contributed by atoms with Crippen LogP contribution < -0.4 is 9.64 Å². The fourth-order valence-electron chi connectivity index (χ4n) is 3.68. The van der Waals surface area contributed by atoms with Crippen molar-refractivity contribution >= 4 is 32.6 Å². The number of carbonyl (C=O) groups excluding carboxylic acids is 1. The third-order valence-corrected chi connectivity index (χ3v) is 6.68. The van der Waals surface area contributed by atoms with Gasteiger partial charge in [-0.25, -0.2) is 9.97 Å². The van der Waals surface area contributed by atoms with Crippen molar-refractivity contribution in [3.05, 3.63) is 108 Å². The molecule has 0 aliphatic heterocycles. The van der Waals surface area contributed by atoms with Gasteiger partial charge in [0.05, 0.1) is 10.2 Å². The van der Waals surface area contributed by atoms with E-state index < -0.39 is 0 Å². The second-order valence-electron chi connectivity index (χ2n) is 7.92. The summed E-state index contributed by atoms with van der Waals surface area (Å²) >= 11 is 1.53. The highest BCUT2D eigenvalue weighted by molar-refractivity contribution is 7.22.